The summed E-state index contributed by atoms with van der Waals surface area (Å²) in [6.45, 7) is 6.88. The zero-order valence-electron chi connectivity index (χ0n) is 10.6. The molecule has 0 fully saturated rings. The van der Waals surface area contributed by atoms with Crippen molar-refractivity contribution in [3.8, 4) is 0 Å². The minimum absolute atomic E-state index is 0.0484. The largest absolute Gasteiger partial charge is 0.384 e. The lowest BCUT2D eigenvalue weighted by Gasteiger charge is -2.26. The van der Waals surface area contributed by atoms with Crippen molar-refractivity contribution in [3.05, 3.63) is 22.8 Å². The Bertz CT molecular complexity index is 406. The predicted octanol–water partition coefficient (Wildman–Crippen LogP) is 2.44. The van der Waals surface area contributed by atoms with Crippen LogP contribution in [0.5, 0.6) is 0 Å². The van der Waals surface area contributed by atoms with E-state index in [1.807, 2.05) is 0 Å². The summed E-state index contributed by atoms with van der Waals surface area (Å²) in [5.74, 6) is 0.154. The number of rotatable bonds is 2. The Hall–Kier alpha value is -1.29. The number of carbonyl (C=O) groups excluding carboxylic acids is 1. The molecule has 0 saturated heterocycles. The van der Waals surface area contributed by atoms with E-state index < -0.39 is 0 Å². The molecule has 1 aromatic heterocycles. The summed E-state index contributed by atoms with van der Waals surface area (Å²) < 4.78 is 0. The number of nitrogen functional groups attached to an aromatic ring is 1. The molecular weight excluding hydrogens is 238 g/mol. The zero-order chi connectivity index (χ0) is 13.2. The van der Waals surface area contributed by atoms with Gasteiger partial charge in [-0.3, -0.25) is 4.79 Å². The van der Waals surface area contributed by atoms with Crippen LogP contribution >= 0.6 is 11.6 Å². The van der Waals surface area contributed by atoms with Gasteiger partial charge in [0, 0.05) is 19.2 Å². The number of pyridine rings is 1. The fraction of sp³-hybridized carbons (Fsp3) is 0.500. The number of hydrogen-bond acceptors (Lipinski definition) is 3. The van der Waals surface area contributed by atoms with Gasteiger partial charge >= 0.3 is 0 Å². The Kier molecular flexibility index (Phi) is 3.98. The summed E-state index contributed by atoms with van der Waals surface area (Å²) in [4.78, 5) is 17.6. The number of hydrogen-bond donors (Lipinski definition) is 1. The van der Waals surface area contributed by atoms with Crippen LogP contribution in [0.1, 0.15) is 31.1 Å². The van der Waals surface area contributed by atoms with Gasteiger partial charge in [0.25, 0.3) is 5.91 Å². The van der Waals surface area contributed by atoms with Gasteiger partial charge in [0.1, 0.15) is 11.0 Å². The molecule has 0 spiro atoms. The van der Waals surface area contributed by atoms with Crippen LogP contribution in [0.25, 0.3) is 0 Å². The molecule has 0 aliphatic carbocycles. The van der Waals surface area contributed by atoms with Crippen molar-refractivity contribution >= 4 is 23.3 Å². The maximum Gasteiger partial charge on any atom is 0.253 e. The van der Waals surface area contributed by atoms with E-state index in [4.69, 9.17) is 17.3 Å². The van der Waals surface area contributed by atoms with Crippen molar-refractivity contribution in [1.82, 2.24) is 9.88 Å². The summed E-state index contributed by atoms with van der Waals surface area (Å²) >= 11 is 5.77. The summed E-state index contributed by atoms with van der Waals surface area (Å²) in [7, 11) is 1.76. The van der Waals surface area contributed by atoms with Crippen LogP contribution in [-0.4, -0.2) is 29.4 Å². The fourth-order valence-corrected chi connectivity index (χ4v) is 1.86. The average molecular weight is 256 g/mol. The molecule has 1 amide bonds. The molecule has 1 rings (SSSR count). The zero-order valence-corrected chi connectivity index (χ0v) is 11.4. The third-order valence-electron chi connectivity index (χ3n) is 2.12. The molecule has 0 aliphatic heterocycles. The van der Waals surface area contributed by atoms with E-state index in [0.717, 1.165) is 0 Å². The summed E-state index contributed by atoms with van der Waals surface area (Å²) in [5.41, 5.74) is 6.07. The van der Waals surface area contributed by atoms with Gasteiger partial charge in [0.05, 0.1) is 0 Å². The molecule has 0 saturated carbocycles. The lowest BCUT2D eigenvalue weighted by Crippen LogP contribution is -2.34. The standard InChI is InChI=1S/C12H18ClN3O/c1-12(2,3)7-16(4)11(17)8-5-9(13)15-10(14)6-8/h5-6H,7H2,1-4H3,(H2,14,15). The molecule has 17 heavy (non-hydrogen) atoms. The van der Waals surface area contributed by atoms with Crippen molar-refractivity contribution in [2.24, 2.45) is 5.41 Å². The number of halogens is 1. The Morgan fingerprint density at radius 2 is 2.06 bits per heavy atom. The SMILES string of the molecule is CN(CC(C)(C)C)C(=O)c1cc(N)nc(Cl)c1. The highest BCUT2D eigenvalue weighted by molar-refractivity contribution is 6.29. The molecule has 1 aromatic rings. The van der Waals surface area contributed by atoms with Crippen LogP contribution in [0.3, 0.4) is 0 Å². The van der Waals surface area contributed by atoms with Gasteiger partial charge in [-0.25, -0.2) is 4.98 Å². The maximum absolute atomic E-state index is 12.1. The van der Waals surface area contributed by atoms with Gasteiger partial charge < -0.3 is 10.6 Å². The summed E-state index contributed by atoms with van der Waals surface area (Å²) in [6.07, 6.45) is 0. The minimum Gasteiger partial charge on any atom is -0.384 e. The molecule has 0 aromatic carbocycles. The van der Waals surface area contributed by atoms with Crippen molar-refractivity contribution in [2.75, 3.05) is 19.3 Å². The number of anilines is 1. The van der Waals surface area contributed by atoms with Crippen LogP contribution in [0.4, 0.5) is 5.82 Å². The third kappa shape index (κ3) is 4.23. The fourth-order valence-electron chi connectivity index (χ4n) is 1.64. The van der Waals surface area contributed by atoms with Crippen molar-refractivity contribution < 1.29 is 4.79 Å². The average Bonchev–Trinajstić information content (AvgIpc) is 2.12. The van der Waals surface area contributed by atoms with Gasteiger partial charge in [-0.1, -0.05) is 32.4 Å². The minimum atomic E-state index is -0.101. The maximum atomic E-state index is 12.1. The van der Waals surface area contributed by atoms with Gasteiger partial charge in [-0.05, 0) is 17.5 Å². The third-order valence-corrected chi connectivity index (χ3v) is 2.31. The summed E-state index contributed by atoms with van der Waals surface area (Å²) in [6, 6.07) is 3.06. The van der Waals surface area contributed by atoms with Gasteiger partial charge in [-0.15, -0.1) is 0 Å². The molecule has 1 heterocycles. The molecule has 0 atom stereocenters. The highest BCUT2D eigenvalue weighted by Gasteiger charge is 2.19. The van der Waals surface area contributed by atoms with Crippen LogP contribution in [0.15, 0.2) is 12.1 Å². The molecule has 5 heteroatoms. The van der Waals surface area contributed by atoms with E-state index in [-0.39, 0.29) is 22.3 Å². The molecule has 0 radical (unpaired) electrons. The molecule has 0 unspecified atom stereocenters. The van der Waals surface area contributed by atoms with Crippen molar-refractivity contribution in [1.29, 1.82) is 0 Å². The first kappa shape index (κ1) is 13.8. The number of carbonyl (C=O) groups is 1. The van der Waals surface area contributed by atoms with Gasteiger partial charge in [0.15, 0.2) is 0 Å². The number of amides is 1. The molecule has 0 aliphatic rings. The Morgan fingerprint density at radius 3 is 2.53 bits per heavy atom. The van der Waals surface area contributed by atoms with Crippen molar-refractivity contribution in [2.45, 2.75) is 20.8 Å². The lowest BCUT2D eigenvalue weighted by atomic mass is 9.96. The van der Waals surface area contributed by atoms with Crippen LogP contribution in [-0.2, 0) is 0 Å². The Balaban J connectivity index is 2.89. The van der Waals surface area contributed by atoms with Crippen molar-refractivity contribution in [3.63, 3.8) is 0 Å². The second kappa shape index (κ2) is 4.92. The number of aromatic nitrogens is 1. The quantitative estimate of drug-likeness (QED) is 0.826. The predicted molar refractivity (Wildman–Crippen MR) is 70.1 cm³/mol. The Labute approximate surface area is 107 Å². The first-order valence-electron chi connectivity index (χ1n) is 5.37. The number of nitrogens with two attached hydrogens (primary N) is 1. The highest BCUT2D eigenvalue weighted by Crippen LogP contribution is 2.18. The van der Waals surface area contributed by atoms with E-state index in [1.165, 1.54) is 12.1 Å². The van der Waals surface area contributed by atoms with Gasteiger partial charge in [-0.2, -0.15) is 0 Å². The molecule has 94 valence electrons. The van der Waals surface area contributed by atoms with Crippen LogP contribution < -0.4 is 5.73 Å². The first-order chi connectivity index (χ1) is 7.69. The van der Waals surface area contributed by atoms with E-state index in [2.05, 4.69) is 25.8 Å². The second-order valence-electron chi connectivity index (χ2n) is 5.33. The smallest absolute Gasteiger partial charge is 0.253 e. The highest BCUT2D eigenvalue weighted by atomic mass is 35.5. The first-order valence-corrected chi connectivity index (χ1v) is 5.75. The molecule has 2 N–H and O–H groups in total. The molecule has 4 nitrogen and oxygen atoms in total. The number of nitrogens with zero attached hydrogens (tertiary/aromatic N) is 2. The van der Waals surface area contributed by atoms with E-state index in [9.17, 15) is 4.79 Å². The lowest BCUT2D eigenvalue weighted by molar-refractivity contribution is 0.0745. The monoisotopic (exact) mass is 255 g/mol. The summed E-state index contributed by atoms with van der Waals surface area (Å²) in [5, 5.41) is 0.234. The van der Waals surface area contributed by atoms with E-state index >= 15 is 0 Å². The molecule has 0 bridgehead atoms. The van der Waals surface area contributed by atoms with E-state index in [1.54, 1.807) is 11.9 Å². The second-order valence-corrected chi connectivity index (χ2v) is 5.71. The molecular formula is C12H18ClN3O. The topological polar surface area (TPSA) is 59.2 Å². The van der Waals surface area contributed by atoms with Gasteiger partial charge in [0.2, 0.25) is 0 Å². The Morgan fingerprint density at radius 1 is 1.47 bits per heavy atom. The van der Waals surface area contributed by atoms with Crippen LogP contribution in [0.2, 0.25) is 5.15 Å². The normalized spacial score (nSPS) is 11.4. The van der Waals surface area contributed by atoms with Crippen LogP contribution in [0, 0.1) is 5.41 Å². The van der Waals surface area contributed by atoms with E-state index in [0.29, 0.717) is 12.1 Å².